The van der Waals surface area contributed by atoms with Gasteiger partial charge >= 0.3 is 6.36 Å². The van der Waals surface area contributed by atoms with E-state index in [1.165, 1.54) is 24.3 Å². The molecule has 0 spiro atoms. The van der Waals surface area contributed by atoms with Crippen molar-refractivity contribution >= 4 is 5.91 Å². The van der Waals surface area contributed by atoms with Gasteiger partial charge in [0.25, 0.3) is 0 Å². The van der Waals surface area contributed by atoms with Crippen LogP contribution in [0.3, 0.4) is 0 Å². The van der Waals surface area contributed by atoms with E-state index in [1.54, 1.807) is 4.90 Å². The summed E-state index contributed by atoms with van der Waals surface area (Å²) in [6.45, 7) is 5.33. The second kappa shape index (κ2) is 6.16. The third kappa shape index (κ3) is 4.91. The van der Waals surface area contributed by atoms with Crippen LogP contribution in [-0.2, 0) is 16.0 Å². The van der Waals surface area contributed by atoms with Crippen molar-refractivity contribution in [2.75, 3.05) is 19.7 Å². The Morgan fingerprint density at radius 3 is 2.50 bits per heavy atom. The van der Waals surface area contributed by atoms with Gasteiger partial charge in [0.2, 0.25) is 5.91 Å². The second-order valence-electron chi connectivity index (χ2n) is 5.79. The van der Waals surface area contributed by atoms with Crippen molar-refractivity contribution in [3.8, 4) is 5.75 Å². The molecule has 4 nitrogen and oxygen atoms in total. The summed E-state index contributed by atoms with van der Waals surface area (Å²) >= 11 is 0. The highest BCUT2D eigenvalue weighted by Gasteiger charge is 2.31. The topological polar surface area (TPSA) is 38.8 Å². The number of amides is 1. The number of hydrogen-bond donors (Lipinski definition) is 0. The maximum atomic E-state index is 12.2. The van der Waals surface area contributed by atoms with Crippen molar-refractivity contribution in [2.45, 2.75) is 32.2 Å². The van der Waals surface area contributed by atoms with Crippen molar-refractivity contribution in [3.63, 3.8) is 0 Å². The highest BCUT2D eigenvalue weighted by Crippen LogP contribution is 2.23. The number of benzene rings is 1. The molecule has 1 aromatic carbocycles. The number of nitrogens with zero attached hydrogens (tertiary/aromatic N) is 1. The van der Waals surface area contributed by atoms with Crippen LogP contribution in [0.1, 0.15) is 19.4 Å². The molecule has 22 heavy (non-hydrogen) atoms. The third-order valence-electron chi connectivity index (χ3n) is 3.29. The van der Waals surface area contributed by atoms with Crippen LogP contribution in [0.2, 0.25) is 0 Å². The van der Waals surface area contributed by atoms with E-state index in [2.05, 4.69) is 4.74 Å². The molecular weight excluding hydrogens is 299 g/mol. The zero-order valence-electron chi connectivity index (χ0n) is 12.4. The van der Waals surface area contributed by atoms with Gasteiger partial charge in [-0.1, -0.05) is 12.1 Å². The van der Waals surface area contributed by atoms with Gasteiger partial charge in [-0.25, -0.2) is 0 Å². The van der Waals surface area contributed by atoms with Gasteiger partial charge in [-0.05, 0) is 31.5 Å². The van der Waals surface area contributed by atoms with Crippen LogP contribution in [0.5, 0.6) is 5.75 Å². The predicted molar refractivity (Wildman–Crippen MR) is 73.4 cm³/mol. The molecule has 0 bridgehead atoms. The zero-order valence-corrected chi connectivity index (χ0v) is 12.4. The zero-order chi connectivity index (χ0) is 16.4. The molecule has 0 N–H and O–H groups in total. The first-order chi connectivity index (χ1) is 10.1. The first-order valence-electron chi connectivity index (χ1n) is 6.91. The number of ether oxygens (including phenoxy) is 2. The number of carbonyl (C=O) groups excluding carboxylic acids is 1. The standard InChI is InChI=1S/C15H18F3NO3/c1-14(2)10-19(7-8-21-14)13(20)9-11-3-5-12(6-4-11)22-15(16,17)18/h3-6H,7-10H2,1-2H3. The Bertz CT molecular complexity index is 526. The molecule has 2 rings (SSSR count). The lowest BCUT2D eigenvalue weighted by Gasteiger charge is -2.38. The summed E-state index contributed by atoms with van der Waals surface area (Å²) in [4.78, 5) is 13.9. The summed E-state index contributed by atoms with van der Waals surface area (Å²) in [5, 5.41) is 0. The summed E-state index contributed by atoms with van der Waals surface area (Å²) in [5.74, 6) is -0.364. The highest BCUT2D eigenvalue weighted by molar-refractivity contribution is 5.79. The van der Waals surface area contributed by atoms with Crippen LogP contribution in [0.25, 0.3) is 0 Å². The number of carbonyl (C=O) groups is 1. The van der Waals surface area contributed by atoms with Crippen LogP contribution in [-0.4, -0.2) is 42.5 Å². The molecular formula is C15H18F3NO3. The molecule has 0 saturated carbocycles. The fraction of sp³-hybridized carbons (Fsp3) is 0.533. The maximum absolute atomic E-state index is 12.2. The number of rotatable bonds is 3. The number of alkyl halides is 3. The Morgan fingerprint density at radius 1 is 1.32 bits per heavy atom. The van der Waals surface area contributed by atoms with E-state index in [-0.39, 0.29) is 23.7 Å². The molecule has 1 saturated heterocycles. The van der Waals surface area contributed by atoms with Crippen molar-refractivity contribution in [1.29, 1.82) is 0 Å². The van der Waals surface area contributed by atoms with Gasteiger partial charge in [0.15, 0.2) is 0 Å². The van der Waals surface area contributed by atoms with Gasteiger partial charge in [-0.2, -0.15) is 0 Å². The molecule has 0 unspecified atom stereocenters. The smallest absolute Gasteiger partial charge is 0.406 e. The van der Waals surface area contributed by atoms with Gasteiger partial charge in [0, 0.05) is 13.1 Å². The molecule has 0 radical (unpaired) electrons. The second-order valence-corrected chi connectivity index (χ2v) is 5.79. The van der Waals surface area contributed by atoms with Crippen LogP contribution < -0.4 is 4.74 Å². The van der Waals surface area contributed by atoms with Gasteiger partial charge in [-0.3, -0.25) is 4.79 Å². The SMILES string of the molecule is CC1(C)CN(C(=O)Cc2ccc(OC(F)(F)F)cc2)CCO1. The molecule has 1 aliphatic rings. The quantitative estimate of drug-likeness (QED) is 0.860. The Labute approximate surface area is 126 Å². The fourth-order valence-corrected chi connectivity index (χ4v) is 2.32. The molecule has 0 aromatic heterocycles. The maximum Gasteiger partial charge on any atom is 0.573 e. The highest BCUT2D eigenvalue weighted by atomic mass is 19.4. The van der Waals surface area contributed by atoms with Crippen LogP contribution >= 0.6 is 0 Å². The summed E-state index contributed by atoms with van der Waals surface area (Å²) < 4.78 is 45.6. The van der Waals surface area contributed by atoms with Crippen molar-refractivity contribution in [3.05, 3.63) is 29.8 Å². The van der Waals surface area contributed by atoms with Gasteiger partial charge in [-0.15, -0.1) is 13.2 Å². The Balaban J connectivity index is 1.94. The summed E-state index contributed by atoms with van der Waals surface area (Å²) in [6.07, 6.45) is -4.57. The Morgan fingerprint density at radius 2 is 1.95 bits per heavy atom. The molecule has 0 aliphatic carbocycles. The minimum Gasteiger partial charge on any atom is -0.406 e. The summed E-state index contributed by atoms with van der Waals surface area (Å²) in [5.41, 5.74) is 0.266. The molecule has 1 heterocycles. The molecule has 1 fully saturated rings. The lowest BCUT2D eigenvalue weighted by Crippen LogP contribution is -2.51. The largest absolute Gasteiger partial charge is 0.573 e. The van der Waals surface area contributed by atoms with E-state index in [1.807, 2.05) is 13.8 Å². The van der Waals surface area contributed by atoms with E-state index < -0.39 is 6.36 Å². The normalized spacial score (nSPS) is 18.1. The molecule has 7 heteroatoms. The van der Waals surface area contributed by atoms with E-state index in [0.717, 1.165) is 0 Å². The first kappa shape index (κ1) is 16.6. The predicted octanol–water partition coefficient (Wildman–Crippen LogP) is 2.77. The third-order valence-corrected chi connectivity index (χ3v) is 3.29. The van der Waals surface area contributed by atoms with Crippen LogP contribution in [0.15, 0.2) is 24.3 Å². The molecule has 1 aliphatic heterocycles. The molecule has 1 amide bonds. The van der Waals surface area contributed by atoms with E-state index in [9.17, 15) is 18.0 Å². The van der Waals surface area contributed by atoms with Crippen molar-refractivity contribution < 1.29 is 27.4 Å². The lowest BCUT2D eigenvalue weighted by molar-refractivity contribution is -0.274. The van der Waals surface area contributed by atoms with E-state index in [0.29, 0.717) is 25.3 Å². The monoisotopic (exact) mass is 317 g/mol. The van der Waals surface area contributed by atoms with Gasteiger partial charge in [0.05, 0.1) is 18.6 Å². The minimum atomic E-state index is -4.71. The molecule has 0 atom stereocenters. The van der Waals surface area contributed by atoms with Crippen LogP contribution in [0, 0.1) is 0 Å². The first-order valence-corrected chi connectivity index (χ1v) is 6.91. The van der Waals surface area contributed by atoms with Crippen molar-refractivity contribution in [1.82, 2.24) is 4.90 Å². The van der Waals surface area contributed by atoms with Crippen LogP contribution in [0.4, 0.5) is 13.2 Å². The van der Waals surface area contributed by atoms with Gasteiger partial charge in [0.1, 0.15) is 5.75 Å². The lowest BCUT2D eigenvalue weighted by atomic mass is 10.1. The number of halogens is 3. The molecule has 1 aromatic rings. The average Bonchev–Trinajstić information content (AvgIpc) is 2.38. The van der Waals surface area contributed by atoms with Gasteiger partial charge < -0.3 is 14.4 Å². The molecule has 122 valence electrons. The Hall–Kier alpha value is -1.76. The minimum absolute atomic E-state index is 0.0686. The summed E-state index contributed by atoms with van der Waals surface area (Å²) in [6, 6.07) is 5.34. The average molecular weight is 317 g/mol. The number of hydrogen-bond acceptors (Lipinski definition) is 3. The fourth-order valence-electron chi connectivity index (χ4n) is 2.32. The van der Waals surface area contributed by atoms with E-state index >= 15 is 0 Å². The van der Waals surface area contributed by atoms with Crippen molar-refractivity contribution in [2.24, 2.45) is 0 Å². The summed E-state index contributed by atoms with van der Waals surface area (Å²) in [7, 11) is 0. The Kier molecular flexibility index (Phi) is 4.65. The van der Waals surface area contributed by atoms with E-state index in [4.69, 9.17) is 4.74 Å². The number of morpholine rings is 1.